The lowest BCUT2D eigenvalue weighted by molar-refractivity contribution is 0.340. The van der Waals surface area contributed by atoms with Gasteiger partial charge in [0.1, 0.15) is 11.8 Å². The minimum Gasteiger partial charge on any atom is -0.494 e. The molecule has 0 aliphatic carbocycles. The summed E-state index contributed by atoms with van der Waals surface area (Å²) in [6.45, 7) is 3.55. The fourth-order valence-corrected chi connectivity index (χ4v) is 5.14. The van der Waals surface area contributed by atoms with Crippen LogP contribution in [0.4, 0.5) is 0 Å². The van der Waals surface area contributed by atoms with Crippen molar-refractivity contribution < 1.29 is 9.84 Å². The number of imidazole rings is 1. The molecule has 1 atom stereocenters. The summed E-state index contributed by atoms with van der Waals surface area (Å²) in [5.74, 6) is 0.836. The van der Waals surface area contributed by atoms with Crippen molar-refractivity contribution >= 4 is 10.9 Å². The Morgan fingerprint density at radius 1 is 1.03 bits per heavy atom. The SMILES string of the molecule is CCOc1ccc([C@H]2c3[nH]c4ccccc4c3Cc3c(O)n(CCn4cccc4)c(=O)n32)cc1. The maximum Gasteiger partial charge on any atom is 0.332 e. The maximum absolute atomic E-state index is 13.7. The zero-order valence-corrected chi connectivity index (χ0v) is 18.9. The molecule has 0 spiro atoms. The van der Waals surface area contributed by atoms with Gasteiger partial charge in [-0.2, -0.15) is 0 Å². The van der Waals surface area contributed by atoms with Crippen molar-refractivity contribution in [1.29, 1.82) is 0 Å². The molecule has 7 nitrogen and oxygen atoms in total. The molecule has 0 saturated carbocycles. The second-order valence-corrected chi connectivity index (χ2v) is 8.64. The summed E-state index contributed by atoms with van der Waals surface area (Å²) < 4.78 is 10.9. The summed E-state index contributed by atoms with van der Waals surface area (Å²) in [4.78, 5) is 17.3. The van der Waals surface area contributed by atoms with Gasteiger partial charge in [-0.3, -0.25) is 9.13 Å². The third-order valence-corrected chi connectivity index (χ3v) is 6.72. The Morgan fingerprint density at radius 3 is 2.56 bits per heavy atom. The summed E-state index contributed by atoms with van der Waals surface area (Å²) in [6, 6.07) is 19.6. The first kappa shape index (κ1) is 20.5. The van der Waals surface area contributed by atoms with Gasteiger partial charge in [-0.25, -0.2) is 4.79 Å². The topological polar surface area (TPSA) is 77.1 Å². The van der Waals surface area contributed by atoms with Crippen LogP contribution in [0.5, 0.6) is 11.6 Å². The maximum atomic E-state index is 13.7. The van der Waals surface area contributed by atoms with Crippen molar-refractivity contribution in [3.8, 4) is 11.6 Å². The number of H-pyrrole nitrogens is 1. The van der Waals surface area contributed by atoms with E-state index in [1.54, 1.807) is 4.57 Å². The van der Waals surface area contributed by atoms with Crippen LogP contribution in [0.1, 0.15) is 35.5 Å². The van der Waals surface area contributed by atoms with E-state index in [1.165, 1.54) is 4.57 Å². The van der Waals surface area contributed by atoms with E-state index < -0.39 is 0 Å². The third kappa shape index (κ3) is 3.15. The number of hydrogen-bond acceptors (Lipinski definition) is 3. The average Bonchev–Trinajstić information content (AvgIpc) is 3.56. The van der Waals surface area contributed by atoms with Gasteiger partial charge in [-0.05, 0) is 48.4 Å². The standard InChI is InChI=1S/C27H26N4O3/c1-2-34-19-11-9-18(10-12-19)25-24-21(20-7-3-4-8-22(20)28-24)17-23-26(32)30(27(33)31(23)25)16-15-29-13-5-6-14-29/h3-14,25,28,32H,2,15-17H2,1H3/t25-/m0/s1. The molecule has 0 radical (unpaired) electrons. The second kappa shape index (κ2) is 8.02. The van der Waals surface area contributed by atoms with Crippen molar-refractivity contribution in [2.45, 2.75) is 32.5 Å². The zero-order chi connectivity index (χ0) is 23.2. The summed E-state index contributed by atoms with van der Waals surface area (Å²) in [6.07, 6.45) is 4.40. The number of rotatable bonds is 6. The number of aryl methyl sites for hydroxylation is 1. The van der Waals surface area contributed by atoms with Gasteiger partial charge >= 0.3 is 5.69 Å². The molecular formula is C27H26N4O3. The van der Waals surface area contributed by atoms with Crippen LogP contribution in [0, 0.1) is 0 Å². The molecule has 0 fully saturated rings. The molecule has 4 heterocycles. The minimum atomic E-state index is -0.368. The molecule has 0 amide bonds. The smallest absolute Gasteiger partial charge is 0.332 e. The van der Waals surface area contributed by atoms with Crippen molar-refractivity contribution in [2.24, 2.45) is 0 Å². The van der Waals surface area contributed by atoms with E-state index in [4.69, 9.17) is 4.74 Å². The zero-order valence-electron chi connectivity index (χ0n) is 18.9. The second-order valence-electron chi connectivity index (χ2n) is 8.64. The Balaban J connectivity index is 1.51. The molecule has 1 aliphatic rings. The van der Waals surface area contributed by atoms with Gasteiger partial charge in [0.05, 0.1) is 12.3 Å². The van der Waals surface area contributed by atoms with E-state index >= 15 is 0 Å². The molecule has 172 valence electrons. The van der Waals surface area contributed by atoms with Gasteiger partial charge in [0.25, 0.3) is 0 Å². The third-order valence-electron chi connectivity index (χ3n) is 6.72. The van der Waals surface area contributed by atoms with E-state index in [0.29, 0.717) is 31.8 Å². The molecule has 2 aromatic carbocycles. The molecule has 5 aromatic rings. The van der Waals surface area contributed by atoms with E-state index in [2.05, 4.69) is 11.1 Å². The fraction of sp³-hybridized carbons (Fsp3) is 0.222. The summed E-state index contributed by atoms with van der Waals surface area (Å²) in [7, 11) is 0. The number of hydrogen-bond donors (Lipinski definition) is 2. The Bertz CT molecular complexity index is 1520. The van der Waals surface area contributed by atoms with E-state index in [9.17, 15) is 9.90 Å². The highest BCUT2D eigenvalue weighted by atomic mass is 16.5. The molecule has 0 bridgehead atoms. The number of ether oxygens (including phenoxy) is 1. The molecule has 34 heavy (non-hydrogen) atoms. The van der Waals surface area contributed by atoms with E-state index in [-0.39, 0.29) is 17.6 Å². The molecule has 3 aromatic heterocycles. The molecule has 0 unspecified atom stereocenters. The van der Waals surface area contributed by atoms with Crippen LogP contribution in [0.2, 0.25) is 0 Å². The molecule has 7 heteroatoms. The number of para-hydroxylation sites is 1. The molecule has 0 saturated heterocycles. The Labute approximate surface area is 196 Å². The van der Waals surface area contributed by atoms with Crippen LogP contribution in [0.15, 0.2) is 77.9 Å². The van der Waals surface area contributed by atoms with Crippen molar-refractivity contribution in [3.05, 3.63) is 106 Å². The quantitative estimate of drug-likeness (QED) is 0.394. The Morgan fingerprint density at radius 2 is 1.79 bits per heavy atom. The number of nitrogens with zero attached hydrogens (tertiary/aromatic N) is 3. The predicted octanol–water partition coefficient (Wildman–Crippen LogP) is 4.28. The lowest BCUT2D eigenvalue weighted by Gasteiger charge is -2.26. The number of benzene rings is 2. The van der Waals surface area contributed by atoms with Gasteiger partial charge in [-0.1, -0.05) is 30.3 Å². The van der Waals surface area contributed by atoms with E-state index in [0.717, 1.165) is 33.5 Å². The first-order valence-electron chi connectivity index (χ1n) is 11.6. The highest BCUT2D eigenvalue weighted by molar-refractivity contribution is 5.86. The van der Waals surface area contributed by atoms with Crippen LogP contribution in [-0.2, 0) is 19.5 Å². The first-order valence-corrected chi connectivity index (χ1v) is 11.6. The van der Waals surface area contributed by atoms with Crippen LogP contribution >= 0.6 is 0 Å². The molecule has 1 aliphatic heterocycles. The van der Waals surface area contributed by atoms with Crippen LogP contribution < -0.4 is 10.4 Å². The van der Waals surface area contributed by atoms with Crippen molar-refractivity contribution in [2.75, 3.05) is 6.61 Å². The number of nitrogens with one attached hydrogen (secondary N) is 1. The van der Waals surface area contributed by atoms with Gasteiger partial charge in [-0.15, -0.1) is 0 Å². The molecule has 6 rings (SSSR count). The largest absolute Gasteiger partial charge is 0.494 e. The average molecular weight is 455 g/mol. The van der Waals surface area contributed by atoms with Gasteiger partial charge in [0, 0.05) is 48.5 Å². The van der Waals surface area contributed by atoms with Crippen molar-refractivity contribution in [3.63, 3.8) is 0 Å². The van der Waals surface area contributed by atoms with Crippen LogP contribution in [0.25, 0.3) is 10.9 Å². The predicted molar refractivity (Wildman–Crippen MR) is 131 cm³/mol. The summed E-state index contributed by atoms with van der Waals surface area (Å²) in [5.41, 5.74) is 4.54. The molecule has 2 N–H and O–H groups in total. The van der Waals surface area contributed by atoms with Crippen LogP contribution in [-0.4, -0.2) is 30.4 Å². The van der Waals surface area contributed by atoms with Crippen LogP contribution in [0.3, 0.4) is 0 Å². The Hall–Kier alpha value is -4.13. The van der Waals surface area contributed by atoms with E-state index in [1.807, 2.05) is 78.5 Å². The molecular weight excluding hydrogens is 428 g/mol. The first-order chi connectivity index (χ1) is 16.7. The highest BCUT2D eigenvalue weighted by Crippen LogP contribution is 2.41. The van der Waals surface area contributed by atoms with Gasteiger partial charge in [0.2, 0.25) is 5.88 Å². The Kier molecular flexibility index (Phi) is 4.83. The minimum absolute atomic E-state index is 0.0454. The number of aromatic hydroxyl groups is 1. The highest BCUT2D eigenvalue weighted by Gasteiger charge is 2.35. The van der Waals surface area contributed by atoms with Crippen molar-refractivity contribution in [1.82, 2.24) is 18.7 Å². The lowest BCUT2D eigenvalue weighted by atomic mass is 9.93. The number of aromatic nitrogens is 4. The monoisotopic (exact) mass is 454 g/mol. The normalized spacial score (nSPS) is 14.8. The summed E-state index contributed by atoms with van der Waals surface area (Å²) in [5, 5.41) is 12.3. The summed E-state index contributed by atoms with van der Waals surface area (Å²) >= 11 is 0. The fourth-order valence-electron chi connectivity index (χ4n) is 5.14. The lowest BCUT2D eigenvalue weighted by Crippen LogP contribution is -2.32. The van der Waals surface area contributed by atoms with Gasteiger partial charge < -0.3 is 19.4 Å². The van der Waals surface area contributed by atoms with Gasteiger partial charge in [0.15, 0.2) is 0 Å². The number of aromatic amines is 1. The number of fused-ring (bicyclic) bond motifs is 4.